The zero-order valence-electron chi connectivity index (χ0n) is 31.7. The molecule has 26 nitrogen and oxygen atoms in total. The van der Waals surface area contributed by atoms with Gasteiger partial charge in [0.25, 0.3) is 10.1 Å². The topological polar surface area (TPSA) is 399 Å². The molecule has 0 aliphatic rings. The standard InChI is InChI=1S/C32H30N8O18S6/c33-29-26(38-35-19-4-8-21(9-5-19)61(43,44)16-14-53-60-58-56-42)18-27(39-37-25-13-12-23-24(32(25)63(47,48)49)2-1-3-28(23)59-57-55-41)30(34)31(29)40-36-20-6-10-22(11-7-20)62(45,46)17-15-54-64(50,51)52/h1-13,18,41-42H,14-17,33-34H2,(H,47,48,49)(H,50,51,52). The van der Waals surface area contributed by atoms with Gasteiger partial charge in [-0.05, 0) is 72.1 Å². The highest BCUT2D eigenvalue weighted by Crippen LogP contribution is 2.46. The lowest BCUT2D eigenvalue weighted by molar-refractivity contribution is -0.434. The van der Waals surface area contributed by atoms with E-state index in [1.165, 1.54) is 72.8 Å². The zero-order chi connectivity index (χ0) is 46.7. The second-order valence-electron chi connectivity index (χ2n) is 12.1. The van der Waals surface area contributed by atoms with Gasteiger partial charge in [0.1, 0.15) is 27.6 Å². The summed E-state index contributed by atoms with van der Waals surface area (Å²) in [5.41, 5.74) is 11.5. The first-order valence-electron chi connectivity index (χ1n) is 16.9. The van der Waals surface area contributed by atoms with Crippen molar-refractivity contribution in [3.8, 4) is 0 Å². The Balaban J connectivity index is 1.53. The molecule has 0 saturated carbocycles. The number of azo groups is 3. The molecule has 0 amide bonds. The van der Waals surface area contributed by atoms with E-state index >= 15 is 0 Å². The van der Waals surface area contributed by atoms with E-state index in [0.29, 0.717) is 12.0 Å². The zero-order valence-corrected chi connectivity index (χ0v) is 36.6. The van der Waals surface area contributed by atoms with Crippen molar-refractivity contribution in [2.45, 2.75) is 19.6 Å². The second-order valence-corrected chi connectivity index (χ2v) is 20.0. The van der Waals surface area contributed by atoms with Crippen LogP contribution in [0.3, 0.4) is 0 Å². The molecular formula is C32H30N8O18S6. The maximum atomic E-state index is 12.7. The number of benzene rings is 5. The second kappa shape index (κ2) is 21.7. The van der Waals surface area contributed by atoms with Crippen molar-refractivity contribution in [1.29, 1.82) is 0 Å². The van der Waals surface area contributed by atoms with Crippen molar-refractivity contribution in [2.24, 2.45) is 30.7 Å². The Morgan fingerprint density at radius 1 is 0.578 bits per heavy atom. The number of nitrogens with zero attached hydrogens (tertiary/aromatic N) is 6. The van der Waals surface area contributed by atoms with Crippen molar-refractivity contribution in [1.82, 2.24) is 0 Å². The normalized spacial score (nSPS) is 12.9. The first-order chi connectivity index (χ1) is 30.2. The van der Waals surface area contributed by atoms with Crippen LogP contribution in [-0.4, -0.2) is 78.0 Å². The Bertz CT molecular complexity index is 3030. The average molecular weight is 1010 g/mol. The largest absolute Gasteiger partial charge is 0.397 e. The van der Waals surface area contributed by atoms with Gasteiger partial charge >= 0.3 is 10.4 Å². The van der Waals surface area contributed by atoms with Gasteiger partial charge in [0.2, 0.25) is 0 Å². The van der Waals surface area contributed by atoms with Crippen LogP contribution in [0.1, 0.15) is 0 Å². The maximum Gasteiger partial charge on any atom is 0.397 e. The molecule has 0 unspecified atom stereocenters. The fourth-order valence-electron chi connectivity index (χ4n) is 5.17. The molecule has 64 heavy (non-hydrogen) atoms. The Labute approximate surface area is 370 Å². The predicted molar refractivity (Wildman–Crippen MR) is 225 cm³/mol. The number of rotatable bonds is 22. The number of anilines is 2. The fourth-order valence-corrected chi connectivity index (χ4v) is 9.41. The van der Waals surface area contributed by atoms with Crippen LogP contribution in [0.2, 0.25) is 0 Å². The molecule has 32 heteroatoms. The molecule has 0 aliphatic carbocycles. The first-order valence-corrected chi connectivity index (χ1v) is 24.4. The van der Waals surface area contributed by atoms with Crippen LogP contribution in [0, 0.1) is 0 Å². The van der Waals surface area contributed by atoms with Gasteiger partial charge in [0, 0.05) is 10.3 Å². The van der Waals surface area contributed by atoms with E-state index in [4.69, 9.17) is 30.7 Å². The molecule has 5 aromatic carbocycles. The van der Waals surface area contributed by atoms with Gasteiger partial charge in [0.05, 0.1) is 69.3 Å². The van der Waals surface area contributed by atoms with E-state index in [1.807, 2.05) is 0 Å². The highest BCUT2D eigenvalue weighted by molar-refractivity contribution is 7.94. The maximum absolute atomic E-state index is 12.7. The molecule has 0 fully saturated rings. The molecule has 8 N–H and O–H groups in total. The quantitative estimate of drug-likeness (QED) is 0.00753. The van der Waals surface area contributed by atoms with E-state index in [2.05, 4.69) is 53.6 Å². The Hall–Kier alpha value is -5.14. The third-order valence-corrected chi connectivity index (χ3v) is 13.9. The molecule has 0 atom stereocenters. The van der Waals surface area contributed by atoms with Crippen LogP contribution in [0.15, 0.2) is 135 Å². The molecule has 0 bridgehead atoms. The molecule has 0 aliphatic heterocycles. The molecule has 0 saturated heterocycles. The summed E-state index contributed by atoms with van der Waals surface area (Å²) in [5.74, 6) is -1.26. The summed E-state index contributed by atoms with van der Waals surface area (Å²) in [5, 5.41) is 48.5. The summed E-state index contributed by atoms with van der Waals surface area (Å²) in [7, 11) is -17.8. The number of fused-ring (bicyclic) bond motifs is 1. The summed E-state index contributed by atoms with van der Waals surface area (Å²) in [6, 6.07) is 18.0. The van der Waals surface area contributed by atoms with Gasteiger partial charge in [-0.25, -0.2) is 31.5 Å². The van der Waals surface area contributed by atoms with Crippen molar-refractivity contribution in [2.75, 3.05) is 36.2 Å². The fraction of sp³-hybridized carbons (Fsp3) is 0.125. The lowest BCUT2D eigenvalue weighted by Crippen LogP contribution is -2.15. The Morgan fingerprint density at radius 2 is 1.11 bits per heavy atom. The van der Waals surface area contributed by atoms with Crippen molar-refractivity contribution in [3.63, 3.8) is 0 Å². The van der Waals surface area contributed by atoms with Gasteiger partial charge in [0.15, 0.2) is 32.0 Å². The van der Waals surface area contributed by atoms with Crippen molar-refractivity contribution >= 4 is 121 Å². The van der Waals surface area contributed by atoms with Gasteiger partial charge in [-0.3, -0.25) is 13.3 Å². The number of nitrogen functional groups attached to an aromatic ring is 2. The number of nitrogens with two attached hydrogens (primary N) is 2. The van der Waals surface area contributed by atoms with Gasteiger partial charge in [-0.15, -0.1) is 29.1 Å². The minimum Gasteiger partial charge on any atom is -0.395 e. The van der Waals surface area contributed by atoms with Crippen LogP contribution in [0.25, 0.3) is 10.8 Å². The highest BCUT2D eigenvalue weighted by Gasteiger charge is 2.23. The average Bonchev–Trinajstić information content (AvgIpc) is 3.24. The molecule has 0 aromatic heterocycles. The minimum atomic E-state index is -5.00. The van der Waals surface area contributed by atoms with E-state index in [1.54, 1.807) is 0 Å². The molecule has 0 radical (unpaired) electrons. The molecule has 0 spiro atoms. The summed E-state index contributed by atoms with van der Waals surface area (Å²) in [6.07, 6.45) is 0. The van der Waals surface area contributed by atoms with Crippen molar-refractivity contribution < 1.29 is 80.4 Å². The van der Waals surface area contributed by atoms with E-state index in [0.717, 1.165) is 12.1 Å². The lowest BCUT2D eigenvalue weighted by Gasteiger charge is -2.11. The SMILES string of the molecule is Nc1c(N=Nc2ccc(S(=O)(=O)CCOSOOO)cc2)cc(N=Nc2ccc3c(SOOO)cccc3c2S(=O)(=O)O)c(N)c1N=Nc1ccc(S(=O)(=O)CCOS(=O)(=O)O)cc1. The van der Waals surface area contributed by atoms with E-state index < -0.39 is 63.2 Å². The summed E-state index contributed by atoms with van der Waals surface area (Å²) < 4.78 is 134. The van der Waals surface area contributed by atoms with Crippen LogP contribution in [-0.2, 0) is 67.3 Å². The number of hydrogen-bond donors (Lipinski definition) is 6. The van der Waals surface area contributed by atoms with Crippen LogP contribution in [0.5, 0.6) is 0 Å². The third kappa shape index (κ3) is 13.4. The Kier molecular flexibility index (Phi) is 16.9. The summed E-state index contributed by atoms with van der Waals surface area (Å²) in [4.78, 5) is -0.757. The number of hydrogen-bond acceptors (Lipinski definition) is 26. The summed E-state index contributed by atoms with van der Waals surface area (Å²) >= 11 is 0.748. The Morgan fingerprint density at radius 3 is 1.66 bits per heavy atom. The van der Waals surface area contributed by atoms with Crippen LogP contribution < -0.4 is 11.5 Å². The molecule has 5 rings (SSSR count). The summed E-state index contributed by atoms with van der Waals surface area (Å²) in [6.45, 7) is -1.18. The van der Waals surface area contributed by atoms with E-state index in [-0.39, 0.29) is 89.9 Å². The molecular weight excluding hydrogens is 977 g/mol. The minimum absolute atomic E-state index is 0.0288. The van der Waals surface area contributed by atoms with Gasteiger partial charge in [-0.1, -0.05) is 28.3 Å². The third-order valence-electron chi connectivity index (χ3n) is 8.02. The van der Waals surface area contributed by atoms with E-state index in [9.17, 15) is 38.2 Å². The smallest absolute Gasteiger partial charge is 0.395 e. The number of sulfone groups is 2. The molecule has 342 valence electrons. The lowest BCUT2D eigenvalue weighted by atomic mass is 10.1. The van der Waals surface area contributed by atoms with Crippen molar-refractivity contribution in [3.05, 3.63) is 84.9 Å². The van der Waals surface area contributed by atoms with Gasteiger partial charge in [-0.2, -0.15) is 27.1 Å². The van der Waals surface area contributed by atoms with Crippen LogP contribution >= 0.6 is 24.4 Å². The first kappa shape index (κ1) is 49.9. The molecule has 5 aromatic rings. The molecule has 0 heterocycles. The van der Waals surface area contributed by atoms with Crippen LogP contribution in [0.4, 0.5) is 45.5 Å². The highest BCUT2D eigenvalue weighted by atomic mass is 32.3. The predicted octanol–water partition coefficient (Wildman–Crippen LogP) is 7.29. The monoisotopic (exact) mass is 1010 g/mol. The van der Waals surface area contributed by atoms with Gasteiger partial charge < -0.3 is 11.5 Å².